The summed E-state index contributed by atoms with van der Waals surface area (Å²) in [6.45, 7) is -1.49. The molecule has 13 N–H and O–H groups in total. The van der Waals surface area contributed by atoms with E-state index in [0.717, 1.165) is 0 Å². The Hall–Kier alpha value is -0.800. The zero-order valence-electron chi connectivity index (χ0n) is 24.0. The second kappa shape index (κ2) is 15.6. The van der Waals surface area contributed by atoms with Crippen molar-refractivity contribution in [1.82, 2.24) is 0 Å². The summed E-state index contributed by atoms with van der Waals surface area (Å²) in [6.07, 6.45) is -32.3. The van der Waals surface area contributed by atoms with Crippen molar-refractivity contribution in [3.05, 3.63) is 0 Å². The highest BCUT2D eigenvalue weighted by Gasteiger charge is 2.53. The molecule has 4 aliphatic heterocycles. The lowest BCUT2D eigenvalue weighted by molar-refractivity contribution is -0.366. The Morgan fingerprint density at radius 1 is 0.422 bits per heavy atom. The maximum Gasteiger partial charge on any atom is 0.187 e. The summed E-state index contributed by atoms with van der Waals surface area (Å²) in [7, 11) is 0. The molecule has 0 amide bonds. The van der Waals surface area contributed by atoms with Gasteiger partial charge in [-0.2, -0.15) is 0 Å². The maximum absolute atomic E-state index is 10.8. The molecule has 20 atom stereocenters. The Kier molecular flexibility index (Phi) is 12.8. The van der Waals surface area contributed by atoms with Crippen LogP contribution in [-0.2, 0) is 33.2 Å². The maximum atomic E-state index is 10.8. The smallest absolute Gasteiger partial charge is 0.187 e. The SMILES string of the molecule is C[C@@H]1OC(CO[C@@H]2OC(CO)[C@H](O[C@@H]3OC(CO)[C@H](O)C(O)C3O)C(O)[C@@H]2O)[C@@H](O[C@@H]2OC(CO)[C@H](O)C(O)C2O)C(O)C1O. The van der Waals surface area contributed by atoms with E-state index in [1.165, 1.54) is 6.92 Å². The third kappa shape index (κ3) is 7.60. The second-order valence-electron chi connectivity index (χ2n) is 11.5. The Balaban J connectivity index is 1.43. The van der Waals surface area contributed by atoms with Crippen LogP contribution in [-0.4, -0.2) is 215 Å². The number of rotatable bonds is 10. The van der Waals surface area contributed by atoms with E-state index in [9.17, 15) is 66.4 Å². The van der Waals surface area contributed by atoms with Crippen molar-refractivity contribution < 1.29 is 99.5 Å². The lowest BCUT2D eigenvalue weighted by Gasteiger charge is -2.47. The predicted molar refractivity (Wildman–Crippen MR) is 137 cm³/mol. The van der Waals surface area contributed by atoms with Crippen LogP contribution in [0.1, 0.15) is 6.92 Å². The van der Waals surface area contributed by atoms with Gasteiger partial charge in [0.15, 0.2) is 18.9 Å². The fourth-order valence-corrected chi connectivity index (χ4v) is 5.65. The summed E-state index contributed by atoms with van der Waals surface area (Å²) in [4.78, 5) is 0. The largest absolute Gasteiger partial charge is 0.394 e. The average molecular weight is 665 g/mol. The van der Waals surface area contributed by atoms with Crippen LogP contribution in [0, 0.1) is 0 Å². The molecule has 4 aliphatic rings. The first-order valence-corrected chi connectivity index (χ1v) is 14.4. The highest BCUT2D eigenvalue weighted by molar-refractivity contribution is 4.97. The van der Waals surface area contributed by atoms with Crippen molar-refractivity contribution in [2.24, 2.45) is 0 Å². The van der Waals surface area contributed by atoms with E-state index in [4.69, 9.17) is 33.2 Å². The van der Waals surface area contributed by atoms with Crippen LogP contribution in [0.5, 0.6) is 0 Å². The summed E-state index contributed by atoms with van der Waals surface area (Å²) in [6, 6.07) is 0. The molecule has 4 rings (SSSR count). The van der Waals surface area contributed by atoms with Gasteiger partial charge < -0.3 is 99.5 Å². The molecule has 20 heteroatoms. The van der Waals surface area contributed by atoms with Gasteiger partial charge in [0.2, 0.25) is 0 Å². The molecule has 20 nitrogen and oxygen atoms in total. The van der Waals surface area contributed by atoms with Gasteiger partial charge in [0, 0.05) is 0 Å². The van der Waals surface area contributed by atoms with Crippen LogP contribution in [0.3, 0.4) is 0 Å². The molecule has 0 aliphatic carbocycles. The van der Waals surface area contributed by atoms with Gasteiger partial charge in [-0.25, -0.2) is 0 Å². The zero-order chi connectivity index (χ0) is 33.3. The van der Waals surface area contributed by atoms with Crippen molar-refractivity contribution in [2.75, 3.05) is 26.4 Å². The van der Waals surface area contributed by atoms with Gasteiger partial charge in [-0.3, -0.25) is 0 Å². The normalized spacial score (nSPS) is 52.9. The number of hydrogen-bond acceptors (Lipinski definition) is 20. The number of aliphatic hydroxyl groups is 13. The van der Waals surface area contributed by atoms with Gasteiger partial charge in [0.05, 0.1) is 32.5 Å². The monoisotopic (exact) mass is 664 g/mol. The van der Waals surface area contributed by atoms with Crippen LogP contribution in [0.4, 0.5) is 0 Å². The summed E-state index contributed by atoms with van der Waals surface area (Å²) in [5.74, 6) is 0. The third-order valence-electron chi connectivity index (χ3n) is 8.45. The van der Waals surface area contributed by atoms with E-state index in [0.29, 0.717) is 0 Å². The Bertz CT molecular complexity index is 912. The molecule has 4 fully saturated rings. The first kappa shape index (κ1) is 37.0. The van der Waals surface area contributed by atoms with E-state index in [-0.39, 0.29) is 0 Å². The number of aliphatic hydroxyl groups excluding tert-OH is 13. The first-order chi connectivity index (χ1) is 21.2. The van der Waals surface area contributed by atoms with Gasteiger partial charge in [0.1, 0.15) is 97.7 Å². The van der Waals surface area contributed by atoms with E-state index in [1.807, 2.05) is 0 Å². The highest BCUT2D eigenvalue weighted by atomic mass is 16.8. The van der Waals surface area contributed by atoms with Crippen LogP contribution >= 0.6 is 0 Å². The lowest BCUT2D eigenvalue weighted by atomic mass is 9.94. The van der Waals surface area contributed by atoms with Gasteiger partial charge in [0.25, 0.3) is 0 Å². The van der Waals surface area contributed by atoms with Crippen molar-refractivity contribution in [2.45, 2.75) is 130 Å². The Morgan fingerprint density at radius 2 is 0.822 bits per heavy atom. The molecule has 264 valence electrons. The fraction of sp³-hybridized carbons (Fsp3) is 1.00. The predicted octanol–water partition coefficient (Wildman–Crippen LogP) is -8.68. The van der Waals surface area contributed by atoms with Crippen LogP contribution < -0.4 is 0 Å². The van der Waals surface area contributed by atoms with Crippen LogP contribution in [0.25, 0.3) is 0 Å². The molecule has 45 heavy (non-hydrogen) atoms. The first-order valence-electron chi connectivity index (χ1n) is 14.4. The van der Waals surface area contributed by atoms with Crippen molar-refractivity contribution in [3.63, 3.8) is 0 Å². The molecule has 4 saturated heterocycles. The minimum atomic E-state index is -1.89. The summed E-state index contributed by atoms with van der Waals surface area (Å²) < 4.78 is 38.6. The van der Waals surface area contributed by atoms with Gasteiger partial charge in [-0.1, -0.05) is 0 Å². The molecule has 0 aromatic heterocycles. The lowest BCUT2D eigenvalue weighted by Crippen LogP contribution is -2.65. The van der Waals surface area contributed by atoms with Crippen molar-refractivity contribution in [3.8, 4) is 0 Å². The standard InChI is InChI=1S/C25H44O20/c1-6-11(29)16(34)22(45-25-19(37)15(33)13(31)8(3-27)42-25)10(40-6)5-39-23-20(38)17(35)21(9(4-28)43-23)44-24-18(36)14(32)12(30)7(2-26)41-24/h6-38H,2-5H2,1H3/t6-,7?,8?,9?,10?,11?,12-,13-,14?,15?,16?,17?,18?,19?,20-,21-,22+,23+,24-,25-/m0/s1. The van der Waals surface area contributed by atoms with E-state index in [1.54, 1.807) is 0 Å². The quantitative estimate of drug-likeness (QED) is 0.103. The Morgan fingerprint density at radius 3 is 1.29 bits per heavy atom. The molecule has 0 aromatic carbocycles. The van der Waals surface area contributed by atoms with Crippen LogP contribution in [0.15, 0.2) is 0 Å². The number of hydrogen-bond donors (Lipinski definition) is 13. The topological polar surface area (TPSA) is 328 Å². The molecule has 0 radical (unpaired) electrons. The molecule has 0 bridgehead atoms. The average Bonchev–Trinajstić information content (AvgIpc) is 3.03. The number of ether oxygens (including phenoxy) is 7. The molecule has 0 spiro atoms. The van der Waals surface area contributed by atoms with Crippen molar-refractivity contribution >= 4 is 0 Å². The minimum Gasteiger partial charge on any atom is -0.394 e. The summed E-state index contributed by atoms with van der Waals surface area (Å²) in [5, 5.41) is 132. The summed E-state index contributed by atoms with van der Waals surface area (Å²) in [5.41, 5.74) is 0. The van der Waals surface area contributed by atoms with E-state index < -0.39 is 149 Å². The fourth-order valence-electron chi connectivity index (χ4n) is 5.65. The van der Waals surface area contributed by atoms with Gasteiger partial charge in [-0.05, 0) is 6.92 Å². The highest BCUT2D eigenvalue weighted by Crippen LogP contribution is 2.32. The molecular weight excluding hydrogens is 620 g/mol. The van der Waals surface area contributed by atoms with E-state index in [2.05, 4.69) is 0 Å². The van der Waals surface area contributed by atoms with Gasteiger partial charge in [-0.15, -0.1) is 0 Å². The Labute approximate surface area is 256 Å². The van der Waals surface area contributed by atoms with Crippen molar-refractivity contribution in [1.29, 1.82) is 0 Å². The van der Waals surface area contributed by atoms with Crippen LogP contribution in [0.2, 0.25) is 0 Å². The summed E-state index contributed by atoms with van der Waals surface area (Å²) >= 11 is 0. The molecule has 11 unspecified atom stereocenters. The third-order valence-corrected chi connectivity index (χ3v) is 8.45. The molecule has 4 heterocycles. The second-order valence-corrected chi connectivity index (χ2v) is 11.5. The molecule has 0 saturated carbocycles. The molecule has 0 aromatic rings. The zero-order valence-corrected chi connectivity index (χ0v) is 24.0. The minimum absolute atomic E-state index is 0.568. The molecular formula is C25H44O20. The van der Waals surface area contributed by atoms with E-state index >= 15 is 0 Å². The van der Waals surface area contributed by atoms with Gasteiger partial charge >= 0.3 is 0 Å².